The van der Waals surface area contributed by atoms with Crippen molar-refractivity contribution in [1.82, 2.24) is 10.6 Å². The second-order valence-electron chi connectivity index (χ2n) is 1.66. The van der Waals surface area contributed by atoms with Crippen LogP contribution in [0.1, 0.15) is 0 Å². The standard InChI is InChI=1S/C4H7N3O2/c5-2-1-6-4(9)7-3(2)8/h1,3,8H,5H2,(H2,6,7,9). The second-order valence-corrected chi connectivity index (χ2v) is 1.66. The molecule has 9 heavy (non-hydrogen) atoms. The van der Waals surface area contributed by atoms with Gasteiger partial charge >= 0.3 is 6.03 Å². The van der Waals surface area contributed by atoms with Gasteiger partial charge in [-0.3, -0.25) is 0 Å². The lowest BCUT2D eigenvalue weighted by Crippen LogP contribution is -2.47. The van der Waals surface area contributed by atoms with E-state index in [9.17, 15) is 4.79 Å². The largest absolute Gasteiger partial charge is 0.397 e. The van der Waals surface area contributed by atoms with Crippen molar-refractivity contribution in [2.75, 3.05) is 0 Å². The van der Waals surface area contributed by atoms with Gasteiger partial charge in [0, 0.05) is 6.20 Å². The minimum atomic E-state index is -1.04. The summed E-state index contributed by atoms with van der Waals surface area (Å²) in [5.41, 5.74) is 5.38. The molecule has 1 unspecified atom stereocenters. The van der Waals surface area contributed by atoms with Crippen molar-refractivity contribution in [3.63, 3.8) is 0 Å². The molecular weight excluding hydrogens is 122 g/mol. The summed E-state index contributed by atoms with van der Waals surface area (Å²) in [6.07, 6.45) is 0.211. The van der Waals surface area contributed by atoms with E-state index in [0.29, 0.717) is 0 Å². The highest BCUT2D eigenvalue weighted by molar-refractivity contribution is 5.76. The van der Waals surface area contributed by atoms with Gasteiger partial charge in [0.1, 0.15) is 0 Å². The highest BCUT2D eigenvalue weighted by atomic mass is 16.3. The Hall–Kier alpha value is -1.23. The molecule has 1 aliphatic heterocycles. The molecule has 0 saturated heterocycles. The third-order valence-corrected chi connectivity index (χ3v) is 0.953. The average molecular weight is 129 g/mol. The van der Waals surface area contributed by atoms with Crippen LogP contribution >= 0.6 is 0 Å². The monoisotopic (exact) mass is 129 g/mol. The van der Waals surface area contributed by atoms with E-state index < -0.39 is 12.3 Å². The van der Waals surface area contributed by atoms with Crippen molar-refractivity contribution in [1.29, 1.82) is 0 Å². The normalized spacial score (nSPS) is 26.1. The lowest BCUT2D eigenvalue weighted by Gasteiger charge is -2.17. The van der Waals surface area contributed by atoms with Crippen LogP contribution in [0.15, 0.2) is 11.9 Å². The fourth-order valence-corrected chi connectivity index (χ4v) is 0.477. The number of rotatable bonds is 0. The number of aliphatic hydroxyl groups is 1. The van der Waals surface area contributed by atoms with Crippen molar-refractivity contribution < 1.29 is 9.90 Å². The first-order valence-corrected chi connectivity index (χ1v) is 2.41. The quantitative estimate of drug-likeness (QED) is 0.318. The molecule has 5 N–H and O–H groups in total. The van der Waals surface area contributed by atoms with Crippen LogP contribution < -0.4 is 16.4 Å². The zero-order chi connectivity index (χ0) is 6.85. The van der Waals surface area contributed by atoms with Crippen LogP contribution in [0.5, 0.6) is 0 Å². The molecule has 1 atom stereocenters. The molecule has 0 fully saturated rings. The van der Waals surface area contributed by atoms with Crippen molar-refractivity contribution in [3.05, 3.63) is 11.9 Å². The van der Waals surface area contributed by atoms with Crippen LogP contribution in [0, 0.1) is 0 Å². The van der Waals surface area contributed by atoms with Gasteiger partial charge in [-0.15, -0.1) is 0 Å². The van der Waals surface area contributed by atoms with Gasteiger partial charge in [0.15, 0.2) is 6.23 Å². The lowest BCUT2D eigenvalue weighted by molar-refractivity contribution is 0.163. The van der Waals surface area contributed by atoms with E-state index in [0.717, 1.165) is 0 Å². The third kappa shape index (κ3) is 1.11. The molecule has 0 bridgehead atoms. The maximum absolute atomic E-state index is 10.3. The summed E-state index contributed by atoms with van der Waals surface area (Å²) in [5, 5.41) is 13.2. The Labute approximate surface area is 51.5 Å². The highest BCUT2D eigenvalue weighted by Crippen LogP contribution is 1.92. The average Bonchev–Trinajstić information content (AvgIpc) is 1.80. The minimum absolute atomic E-state index is 0.203. The van der Waals surface area contributed by atoms with E-state index in [2.05, 4.69) is 10.6 Å². The number of nitrogens with one attached hydrogen (secondary N) is 2. The molecule has 50 valence electrons. The molecule has 0 aromatic heterocycles. The Bertz CT molecular complexity index is 165. The SMILES string of the molecule is NC1=CNC(=O)NC1O. The van der Waals surface area contributed by atoms with E-state index in [4.69, 9.17) is 10.8 Å². The van der Waals surface area contributed by atoms with Gasteiger partial charge < -0.3 is 21.5 Å². The van der Waals surface area contributed by atoms with Crippen LogP contribution in [0.2, 0.25) is 0 Å². The van der Waals surface area contributed by atoms with E-state index >= 15 is 0 Å². The van der Waals surface area contributed by atoms with E-state index in [1.165, 1.54) is 6.20 Å². The molecule has 1 aliphatic rings. The Kier molecular flexibility index (Phi) is 1.27. The third-order valence-electron chi connectivity index (χ3n) is 0.953. The van der Waals surface area contributed by atoms with Gasteiger partial charge in [-0.05, 0) is 0 Å². The summed E-state index contributed by atoms with van der Waals surface area (Å²) < 4.78 is 0. The van der Waals surface area contributed by atoms with Crippen molar-refractivity contribution in [2.24, 2.45) is 5.73 Å². The maximum Gasteiger partial charge on any atom is 0.321 e. The molecule has 2 amide bonds. The maximum atomic E-state index is 10.3. The number of amides is 2. The summed E-state index contributed by atoms with van der Waals surface area (Å²) in [6.45, 7) is 0. The molecule has 5 heteroatoms. The van der Waals surface area contributed by atoms with Gasteiger partial charge in [-0.25, -0.2) is 4.79 Å². The lowest BCUT2D eigenvalue weighted by atomic mass is 10.4. The summed E-state index contributed by atoms with van der Waals surface area (Å²) in [5.74, 6) is 0. The van der Waals surface area contributed by atoms with Crippen LogP contribution in [0.3, 0.4) is 0 Å². The first-order chi connectivity index (χ1) is 4.20. The Morgan fingerprint density at radius 3 is 2.89 bits per heavy atom. The molecule has 1 heterocycles. The number of carbonyl (C=O) groups excluding carboxylic acids is 1. The predicted octanol–water partition coefficient (Wildman–Crippen LogP) is -1.58. The fraction of sp³-hybridized carbons (Fsp3) is 0.250. The van der Waals surface area contributed by atoms with Crippen molar-refractivity contribution in [2.45, 2.75) is 6.23 Å². The summed E-state index contributed by atoms with van der Waals surface area (Å²) >= 11 is 0. The number of hydrogen-bond acceptors (Lipinski definition) is 3. The van der Waals surface area contributed by atoms with E-state index in [-0.39, 0.29) is 5.70 Å². The molecular formula is C4H7N3O2. The number of carbonyl (C=O) groups is 1. The number of nitrogens with two attached hydrogens (primary N) is 1. The molecule has 0 saturated carbocycles. The highest BCUT2D eigenvalue weighted by Gasteiger charge is 2.14. The summed E-state index contributed by atoms with van der Waals surface area (Å²) in [4.78, 5) is 10.3. The van der Waals surface area contributed by atoms with Crippen LogP contribution in [-0.4, -0.2) is 17.4 Å². The number of hydrogen-bond donors (Lipinski definition) is 4. The van der Waals surface area contributed by atoms with Gasteiger partial charge in [0.2, 0.25) is 0 Å². The van der Waals surface area contributed by atoms with Crippen LogP contribution in [-0.2, 0) is 0 Å². The zero-order valence-electron chi connectivity index (χ0n) is 4.59. The van der Waals surface area contributed by atoms with Gasteiger partial charge in [0.25, 0.3) is 0 Å². The summed E-state index contributed by atoms with van der Waals surface area (Å²) in [7, 11) is 0. The van der Waals surface area contributed by atoms with Crippen LogP contribution in [0.25, 0.3) is 0 Å². The molecule has 0 spiro atoms. The second kappa shape index (κ2) is 1.94. The first-order valence-electron chi connectivity index (χ1n) is 2.41. The van der Waals surface area contributed by atoms with E-state index in [1.54, 1.807) is 0 Å². The van der Waals surface area contributed by atoms with Gasteiger partial charge in [-0.2, -0.15) is 0 Å². The molecule has 0 aromatic rings. The number of urea groups is 1. The zero-order valence-corrected chi connectivity index (χ0v) is 4.59. The Morgan fingerprint density at radius 2 is 2.44 bits per heavy atom. The van der Waals surface area contributed by atoms with Crippen LogP contribution in [0.4, 0.5) is 4.79 Å². The smallest absolute Gasteiger partial charge is 0.321 e. The molecule has 0 aliphatic carbocycles. The van der Waals surface area contributed by atoms with E-state index in [1.807, 2.05) is 0 Å². The summed E-state index contributed by atoms with van der Waals surface area (Å²) in [6, 6.07) is -0.448. The van der Waals surface area contributed by atoms with Gasteiger partial charge in [-0.1, -0.05) is 0 Å². The molecule has 1 rings (SSSR count). The van der Waals surface area contributed by atoms with Crippen molar-refractivity contribution in [3.8, 4) is 0 Å². The Morgan fingerprint density at radius 1 is 1.78 bits per heavy atom. The van der Waals surface area contributed by atoms with Crippen molar-refractivity contribution >= 4 is 6.03 Å². The fourth-order valence-electron chi connectivity index (χ4n) is 0.477. The molecule has 5 nitrogen and oxygen atoms in total. The Balaban J connectivity index is 2.67. The predicted molar refractivity (Wildman–Crippen MR) is 29.9 cm³/mol. The number of aliphatic hydroxyl groups excluding tert-OH is 1. The molecule has 0 radical (unpaired) electrons. The topological polar surface area (TPSA) is 87.4 Å². The minimum Gasteiger partial charge on any atom is -0.397 e. The molecule has 0 aromatic carbocycles. The van der Waals surface area contributed by atoms with Gasteiger partial charge in [0.05, 0.1) is 5.70 Å². The first kappa shape index (κ1) is 5.90.